The lowest BCUT2D eigenvalue weighted by molar-refractivity contribution is -0.132. The third-order valence-corrected chi connectivity index (χ3v) is 4.06. The number of hydrogen-bond acceptors (Lipinski definition) is 3. The molecule has 17 heavy (non-hydrogen) atoms. The first-order valence-electron chi connectivity index (χ1n) is 6.97. The first kappa shape index (κ1) is 12.8. The van der Waals surface area contributed by atoms with Crippen molar-refractivity contribution in [1.29, 1.82) is 0 Å². The van der Waals surface area contributed by atoms with Crippen molar-refractivity contribution in [2.45, 2.75) is 38.1 Å². The molecule has 2 aliphatic heterocycles. The number of carbonyl (C=O) groups excluding carboxylic acids is 1. The van der Waals surface area contributed by atoms with Crippen LogP contribution >= 0.6 is 0 Å². The molecular formula is C13H25N3O. The average Bonchev–Trinajstić information content (AvgIpc) is 2.90. The summed E-state index contributed by atoms with van der Waals surface area (Å²) in [5.74, 6) is 0.319. The predicted molar refractivity (Wildman–Crippen MR) is 69.0 cm³/mol. The van der Waals surface area contributed by atoms with Crippen LogP contribution in [-0.4, -0.2) is 61.5 Å². The third-order valence-electron chi connectivity index (χ3n) is 4.06. The quantitative estimate of drug-likeness (QED) is 0.784. The fraction of sp³-hybridized carbons (Fsp3) is 0.923. The molecule has 0 bridgehead atoms. The van der Waals surface area contributed by atoms with Crippen molar-refractivity contribution in [1.82, 2.24) is 15.1 Å². The van der Waals surface area contributed by atoms with E-state index in [2.05, 4.69) is 10.2 Å². The van der Waals surface area contributed by atoms with Gasteiger partial charge in [-0.1, -0.05) is 0 Å². The molecule has 2 saturated heterocycles. The molecule has 2 heterocycles. The molecule has 0 aromatic heterocycles. The number of nitrogens with zero attached hydrogens (tertiary/aromatic N) is 2. The Morgan fingerprint density at radius 1 is 1.18 bits per heavy atom. The van der Waals surface area contributed by atoms with Gasteiger partial charge in [-0.3, -0.25) is 4.79 Å². The number of likely N-dealkylation sites (tertiary alicyclic amines) is 2. The van der Waals surface area contributed by atoms with Crippen molar-refractivity contribution in [3.8, 4) is 0 Å². The summed E-state index contributed by atoms with van der Waals surface area (Å²) in [5, 5.41) is 3.04. The van der Waals surface area contributed by atoms with E-state index < -0.39 is 0 Å². The molecule has 2 rings (SSSR count). The summed E-state index contributed by atoms with van der Waals surface area (Å²) in [4.78, 5) is 16.5. The van der Waals surface area contributed by atoms with Crippen LogP contribution in [0.3, 0.4) is 0 Å². The molecule has 2 aliphatic rings. The van der Waals surface area contributed by atoms with Crippen molar-refractivity contribution in [3.63, 3.8) is 0 Å². The highest BCUT2D eigenvalue weighted by Gasteiger charge is 2.27. The van der Waals surface area contributed by atoms with E-state index in [9.17, 15) is 4.79 Å². The van der Waals surface area contributed by atoms with Gasteiger partial charge < -0.3 is 15.1 Å². The molecule has 0 atom stereocenters. The van der Waals surface area contributed by atoms with Crippen molar-refractivity contribution in [3.05, 3.63) is 0 Å². The standard InChI is InChI=1S/C13H25N3O/c1-14-7-4-13(17)16-10-5-12(6-11-16)15-8-2-3-9-15/h12,14H,2-11H2,1H3. The summed E-state index contributed by atoms with van der Waals surface area (Å²) in [6, 6.07) is 0.742. The van der Waals surface area contributed by atoms with E-state index in [0.29, 0.717) is 12.3 Å². The maximum Gasteiger partial charge on any atom is 0.223 e. The molecule has 0 aromatic carbocycles. The van der Waals surface area contributed by atoms with Gasteiger partial charge in [0.1, 0.15) is 0 Å². The van der Waals surface area contributed by atoms with Gasteiger partial charge in [0, 0.05) is 32.1 Å². The minimum absolute atomic E-state index is 0.319. The summed E-state index contributed by atoms with van der Waals surface area (Å²) >= 11 is 0. The van der Waals surface area contributed by atoms with Crippen LogP contribution in [0.2, 0.25) is 0 Å². The zero-order chi connectivity index (χ0) is 12.1. The fourth-order valence-electron chi connectivity index (χ4n) is 2.98. The molecule has 1 amide bonds. The summed E-state index contributed by atoms with van der Waals surface area (Å²) in [6.07, 6.45) is 5.71. The summed E-state index contributed by atoms with van der Waals surface area (Å²) in [5.41, 5.74) is 0. The van der Waals surface area contributed by atoms with Gasteiger partial charge in [0.05, 0.1) is 0 Å². The molecule has 4 heteroatoms. The highest BCUT2D eigenvalue weighted by Crippen LogP contribution is 2.21. The molecule has 0 aromatic rings. The number of carbonyl (C=O) groups is 1. The Morgan fingerprint density at radius 2 is 1.82 bits per heavy atom. The Balaban J connectivity index is 1.71. The molecule has 1 N–H and O–H groups in total. The molecule has 0 spiro atoms. The van der Waals surface area contributed by atoms with E-state index in [4.69, 9.17) is 0 Å². The lowest BCUT2D eigenvalue weighted by atomic mass is 10.0. The molecule has 2 fully saturated rings. The van der Waals surface area contributed by atoms with Crippen LogP contribution < -0.4 is 5.32 Å². The van der Waals surface area contributed by atoms with Crippen molar-refractivity contribution in [2.24, 2.45) is 0 Å². The van der Waals surface area contributed by atoms with Crippen molar-refractivity contribution >= 4 is 5.91 Å². The van der Waals surface area contributed by atoms with Gasteiger partial charge in [0.15, 0.2) is 0 Å². The predicted octanol–water partition coefficient (Wildman–Crippen LogP) is 0.683. The van der Waals surface area contributed by atoms with E-state index in [1.807, 2.05) is 11.9 Å². The number of hydrogen-bond donors (Lipinski definition) is 1. The molecule has 4 nitrogen and oxygen atoms in total. The number of rotatable bonds is 4. The topological polar surface area (TPSA) is 35.6 Å². The van der Waals surface area contributed by atoms with Crippen LogP contribution in [0.25, 0.3) is 0 Å². The highest BCUT2D eigenvalue weighted by molar-refractivity contribution is 5.76. The lowest BCUT2D eigenvalue weighted by Crippen LogP contribution is -2.46. The van der Waals surface area contributed by atoms with Crippen molar-refractivity contribution < 1.29 is 4.79 Å². The SMILES string of the molecule is CNCCC(=O)N1CCC(N2CCCC2)CC1. The smallest absolute Gasteiger partial charge is 0.223 e. The number of amides is 1. The number of nitrogens with one attached hydrogen (secondary N) is 1. The van der Waals surface area contributed by atoms with Gasteiger partial charge in [-0.05, 0) is 45.8 Å². The Labute approximate surface area is 104 Å². The van der Waals surface area contributed by atoms with Gasteiger partial charge in [-0.2, -0.15) is 0 Å². The Bertz CT molecular complexity index is 243. The second kappa shape index (κ2) is 6.36. The van der Waals surface area contributed by atoms with E-state index in [-0.39, 0.29) is 0 Å². The zero-order valence-corrected chi connectivity index (χ0v) is 11.0. The van der Waals surface area contributed by atoms with Crippen LogP contribution in [0, 0.1) is 0 Å². The van der Waals surface area contributed by atoms with Gasteiger partial charge >= 0.3 is 0 Å². The van der Waals surface area contributed by atoms with Crippen LogP contribution in [0.5, 0.6) is 0 Å². The van der Waals surface area contributed by atoms with Crippen LogP contribution in [0.15, 0.2) is 0 Å². The van der Waals surface area contributed by atoms with Gasteiger partial charge in [0.25, 0.3) is 0 Å². The second-order valence-electron chi connectivity index (χ2n) is 5.21. The normalized spacial score (nSPS) is 23.2. The maximum atomic E-state index is 11.9. The van der Waals surface area contributed by atoms with Gasteiger partial charge in [-0.25, -0.2) is 0 Å². The van der Waals surface area contributed by atoms with Crippen LogP contribution in [0.4, 0.5) is 0 Å². The first-order valence-corrected chi connectivity index (χ1v) is 6.97. The second-order valence-corrected chi connectivity index (χ2v) is 5.21. The molecule has 98 valence electrons. The summed E-state index contributed by atoms with van der Waals surface area (Å²) in [7, 11) is 1.90. The highest BCUT2D eigenvalue weighted by atomic mass is 16.2. The van der Waals surface area contributed by atoms with E-state index >= 15 is 0 Å². The lowest BCUT2D eigenvalue weighted by Gasteiger charge is -2.36. The van der Waals surface area contributed by atoms with E-state index in [0.717, 1.165) is 25.7 Å². The first-order chi connectivity index (χ1) is 8.31. The molecule has 0 aliphatic carbocycles. The molecule has 0 radical (unpaired) electrons. The monoisotopic (exact) mass is 239 g/mol. The van der Waals surface area contributed by atoms with E-state index in [1.165, 1.54) is 38.8 Å². The average molecular weight is 239 g/mol. The Hall–Kier alpha value is -0.610. The third kappa shape index (κ3) is 3.42. The van der Waals surface area contributed by atoms with Crippen LogP contribution in [0.1, 0.15) is 32.1 Å². The van der Waals surface area contributed by atoms with Gasteiger partial charge in [-0.15, -0.1) is 0 Å². The molecule has 0 unspecified atom stereocenters. The minimum atomic E-state index is 0.319. The largest absolute Gasteiger partial charge is 0.343 e. The van der Waals surface area contributed by atoms with Crippen LogP contribution in [-0.2, 0) is 4.79 Å². The Morgan fingerprint density at radius 3 is 2.41 bits per heavy atom. The Kier molecular flexibility index (Phi) is 4.80. The minimum Gasteiger partial charge on any atom is -0.343 e. The van der Waals surface area contributed by atoms with Crippen molar-refractivity contribution in [2.75, 3.05) is 39.8 Å². The maximum absolute atomic E-state index is 11.9. The molecule has 0 saturated carbocycles. The fourth-order valence-corrected chi connectivity index (χ4v) is 2.98. The zero-order valence-electron chi connectivity index (χ0n) is 11.0. The van der Waals surface area contributed by atoms with Gasteiger partial charge in [0.2, 0.25) is 5.91 Å². The summed E-state index contributed by atoms with van der Waals surface area (Å²) < 4.78 is 0. The molecular weight excluding hydrogens is 214 g/mol. The number of piperidine rings is 1. The van der Waals surface area contributed by atoms with E-state index in [1.54, 1.807) is 0 Å². The summed E-state index contributed by atoms with van der Waals surface area (Å²) in [6.45, 7) is 5.27.